The largest absolute Gasteiger partial charge is 0.756 e. The molecule has 0 bridgehead atoms. The van der Waals surface area contributed by atoms with Crippen LogP contribution >= 0.6 is 186 Å². The van der Waals surface area contributed by atoms with Crippen LogP contribution in [0.15, 0.2) is 109 Å². The Kier molecular flexibility index (Phi) is 52.6. The fourth-order valence-electron chi connectivity index (χ4n) is 5.00. The zero-order valence-corrected chi connectivity index (χ0v) is 59.9. The lowest BCUT2D eigenvalue weighted by atomic mass is 10.2. The molecule has 0 aromatic heterocycles. The van der Waals surface area contributed by atoms with Crippen molar-refractivity contribution in [3.8, 4) is 0 Å². The molecule has 7 rings (SSSR count). The van der Waals surface area contributed by atoms with Gasteiger partial charge in [0.15, 0.2) is 0 Å². The average molecular weight is 1640 g/mol. The number of quaternary nitrogens is 6. The molecule has 0 aliphatic carbocycles. The minimum Gasteiger partial charge on any atom is -0.756 e. The molecular formula is C42H60Cl12N6O24P6. The van der Waals surface area contributed by atoms with E-state index < -0.39 is 46.9 Å². The van der Waals surface area contributed by atoms with Gasteiger partial charge in [0.1, 0.15) is 0 Å². The van der Waals surface area contributed by atoms with Crippen LogP contribution in [-0.2, 0) is 92.5 Å². The van der Waals surface area contributed by atoms with Gasteiger partial charge in [-0.05, 0) is 72.8 Å². The summed E-state index contributed by atoms with van der Waals surface area (Å²) in [6, 6.07) is 33.2. The van der Waals surface area contributed by atoms with E-state index in [1.165, 1.54) is 0 Å². The second-order valence-electron chi connectivity index (χ2n) is 15.2. The van der Waals surface area contributed by atoms with E-state index in [1.54, 1.807) is 36.4 Å². The van der Waals surface area contributed by atoms with Gasteiger partial charge in [-0.2, -0.15) is 0 Å². The third-order valence-corrected chi connectivity index (χ3v) is 22.9. The van der Waals surface area contributed by atoms with E-state index in [0.29, 0.717) is 60.3 Å². The summed E-state index contributed by atoms with van der Waals surface area (Å²) in [7, 11) is -39.3. The molecule has 48 heteroatoms. The molecule has 6 aromatic carbocycles. The number of hydrogen-bond donors (Lipinski definition) is 6. The zero-order chi connectivity index (χ0) is 64.6. The van der Waals surface area contributed by atoms with Gasteiger partial charge in [-0.25, -0.2) is 25.9 Å². The highest BCUT2D eigenvalue weighted by molar-refractivity contribution is 7.73. The summed E-state index contributed by atoms with van der Waals surface area (Å²) in [5, 5.41) is 7.18. The van der Waals surface area contributed by atoms with Crippen molar-refractivity contribution in [1.82, 2.24) is 0 Å². The number of hydrogen-bond acceptors (Lipinski definition) is 18. The highest BCUT2D eigenvalue weighted by Crippen LogP contribution is 2.74. The Balaban J connectivity index is -0.000000234. The summed E-state index contributed by atoms with van der Waals surface area (Å²) >= 11 is 68.5. The maximum Gasteiger partial charge on any atom is 0.280 e. The molecule has 1 heterocycles. The Hall–Kier alpha value is -0.780. The van der Waals surface area contributed by atoms with Gasteiger partial charge in [0.05, 0.1) is 99.5 Å². The fourth-order valence-corrected chi connectivity index (χ4v) is 15.1. The minimum atomic E-state index is -6.56. The average Bonchev–Trinajstić information content (AvgIpc) is 1.55. The summed E-state index contributed by atoms with van der Waals surface area (Å²) < 4.78 is 83.4. The molecule has 0 spiro atoms. The molecule has 90 heavy (non-hydrogen) atoms. The Morgan fingerprint density at radius 1 is 0.233 bits per heavy atom. The molecule has 0 saturated carbocycles. The highest BCUT2D eigenvalue weighted by Gasteiger charge is 2.36. The predicted molar refractivity (Wildman–Crippen MR) is 332 cm³/mol. The van der Waals surface area contributed by atoms with Crippen LogP contribution in [0.4, 0.5) is 0 Å². The van der Waals surface area contributed by atoms with Gasteiger partial charge in [0.2, 0.25) is 0 Å². The second kappa shape index (κ2) is 47.2. The SMILES string of the molecule is O.O.O.O.O.O.O=P1([O-])OP(=O)([O-])OP(=O)([O-])OP(=O)([O-])OP(=O)([O-])OP(=O)([O-])O1.[NH3+]Cc1ccc(Cl)c(Cl)c1.[NH3+]Cc1ccc(Cl)c(Cl)c1.[NH3+]Cc1ccc(Cl)c(Cl)c1.[NH3+]Cc1ccc(Cl)c(Cl)c1.[NH3+]Cc1ccc(Cl)c(Cl)c1.[NH3+]Cc1ccc(Cl)c(Cl)c1. The van der Waals surface area contributed by atoms with Crippen LogP contribution in [0, 0.1) is 0 Å². The first kappa shape index (κ1) is 100. The fraction of sp³-hybridized carbons (Fsp3) is 0.143. The lowest BCUT2D eigenvalue weighted by Crippen LogP contribution is -2.47. The molecule has 0 amide bonds. The first-order chi connectivity index (χ1) is 38.7. The van der Waals surface area contributed by atoms with Crippen molar-refractivity contribution >= 4 is 186 Å². The van der Waals surface area contributed by atoms with Crippen LogP contribution in [0.25, 0.3) is 0 Å². The van der Waals surface area contributed by atoms with Gasteiger partial charge in [-0.3, -0.25) is 27.4 Å². The van der Waals surface area contributed by atoms with Crippen molar-refractivity contribution in [2.24, 2.45) is 0 Å². The van der Waals surface area contributed by atoms with E-state index in [1.807, 2.05) is 72.8 Å². The molecule has 1 aliphatic rings. The van der Waals surface area contributed by atoms with Crippen molar-refractivity contribution in [3.63, 3.8) is 0 Å². The van der Waals surface area contributed by atoms with E-state index >= 15 is 0 Å². The monoisotopic (exact) mass is 1640 g/mol. The van der Waals surface area contributed by atoms with Crippen LogP contribution in [0.2, 0.25) is 60.3 Å². The Bertz CT molecular complexity index is 2860. The number of phosphoric acid groups is 6. The van der Waals surface area contributed by atoms with Crippen LogP contribution < -0.4 is 63.8 Å². The van der Waals surface area contributed by atoms with E-state index in [2.05, 4.69) is 60.3 Å². The molecule has 30 nitrogen and oxygen atoms in total. The molecular weight excluding hydrogens is 1580 g/mol. The Morgan fingerprint density at radius 3 is 0.411 bits per heavy atom. The van der Waals surface area contributed by atoms with E-state index in [-0.39, 0.29) is 32.9 Å². The van der Waals surface area contributed by atoms with Gasteiger partial charge in [-0.15, -0.1) is 0 Å². The van der Waals surface area contributed by atoms with E-state index in [4.69, 9.17) is 139 Å². The van der Waals surface area contributed by atoms with Crippen molar-refractivity contribution in [3.05, 3.63) is 203 Å². The molecule has 1 aliphatic heterocycles. The second-order valence-corrected chi connectivity index (χ2v) is 29.3. The first-order valence-corrected chi connectivity index (χ1v) is 35.5. The lowest BCUT2D eigenvalue weighted by Gasteiger charge is -2.41. The smallest absolute Gasteiger partial charge is 0.280 e. The molecule has 1 fully saturated rings. The molecule has 516 valence electrons. The maximum atomic E-state index is 11.0. The van der Waals surface area contributed by atoms with Gasteiger partial charge >= 0.3 is 0 Å². The first-order valence-electron chi connectivity index (χ1n) is 22.2. The van der Waals surface area contributed by atoms with Gasteiger partial charge in [0, 0.05) is 33.4 Å². The van der Waals surface area contributed by atoms with Crippen molar-refractivity contribution < 1.29 is 150 Å². The van der Waals surface area contributed by atoms with Crippen LogP contribution in [-0.4, -0.2) is 32.9 Å². The number of halogens is 12. The Labute approximate surface area is 573 Å². The van der Waals surface area contributed by atoms with Crippen molar-refractivity contribution in [2.75, 3.05) is 0 Å². The third kappa shape index (κ3) is 41.4. The summed E-state index contributed by atoms with van der Waals surface area (Å²) in [5.41, 5.74) is 29.0. The summed E-state index contributed by atoms with van der Waals surface area (Å²) in [4.78, 5) is 65.8. The lowest BCUT2D eigenvalue weighted by molar-refractivity contribution is -0.386. The topological polar surface area (TPSA) is 651 Å². The molecule has 1 saturated heterocycles. The minimum absolute atomic E-state index is 0. The number of benzene rings is 6. The van der Waals surface area contributed by atoms with E-state index in [0.717, 1.165) is 72.6 Å². The predicted octanol–water partition coefficient (Wildman–Crippen LogP) is 2.37. The summed E-state index contributed by atoms with van der Waals surface area (Å²) in [6.45, 7) is 4.48. The summed E-state index contributed by atoms with van der Waals surface area (Å²) in [5.74, 6) is 0. The van der Waals surface area contributed by atoms with Gasteiger partial charge in [0.25, 0.3) is 46.9 Å². The Morgan fingerprint density at radius 2 is 0.333 bits per heavy atom. The highest BCUT2D eigenvalue weighted by atomic mass is 35.5. The van der Waals surface area contributed by atoms with Gasteiger partial charge < -0.3 is 96.6 Å². The third-order valence-electron chi connectivity index (χ3n) is 8.84. The maximum absolute atomic E-state index is 11.0. The standard InChI is InChI=1S/6C7H7Cl2N.H6O18P6.6H2O/c6*8-6-2-1-5(4-10)3-7(6)9;1-19(2)13-20(3,4)15-22(7,8)17-24(11,12)18-23(9,10)16-21(5,6)14-19;;;;;;/h6*1-3H,4,10H2;(H,1,2)(H,3,4)(H,5,6)(H,7,8)(H,9,10)(H,11,12);6*1H2. The molecule has 0 atom stereocenters. The quantitative estimate of drug-likeness (QED) is 0.130. The normalized spacial score (nSPS) is 21.3. The molecule has 6 aromatic rings. The van der Waals surface area contributed by atoms with Crippen LogP contribution in [0.5, 0.6) is 0 Å². The van der Waals surface area contributed by atoms with Crippen molar-refractivity contribution in [1.29, 1.82) is 0 Å². The summed E-state index contributed by atoms with van der Waals surface area (Å²) in [6.07, 6.45) is 0. The van der Waals surface area contributed by atoms with Crippen molar-refractivity contribution in [2.45, 2.75) is 39.3 Å². The van der Waals surface area contributed by atoms with Crippen LogP contribution in [0.1, 0.15) is 33.4 Å². The zero-order valence-electron chi connectivity index (χ0n) is 45.4. The van der Waals surface area contributed by atoms with Crippen LogP contribution in [0.3, 0.4) is 0 Å². The molecule has 0 radical (unpaired) electrons. The molecule has 0 unspecified atom stereocenters. The van der Waals surface area contributed by atoms with E-state index in [9.17, 15) is 56.8 Å². The number of rotatable bonds is 6. The molecule has 30 N–H and O–H groups in total. The van der Waals surface area contributed by atoms with Gasteiger partial charge in [-0.1, -0.05) is 176 Å².